The van der Waals surface area contributed by atoms with E-state index in [1.807, 2.05) is 0 Å². The molecule has 98 valence electrons. The van der Waals surface area contributed by atoms with Crippen molar-refractivity contribution in [2.24, 2.45) is 5.73 Å². The van der Waals surface area contributed by atoms with Crippen LogP contribution >= 0.6 is 0 Å². The third kappa shape index (κ3) is 2.20. The Balaban J connectivity index is 2.50. The van der Waals surface area contributed by atoms with Crippen molar-refractivity contribution in [3.8, 4) is 0 Å². The minimum absolute atomic E-state index is 0.192. The van der Waals surface area contributed by atoms with Crippen molar-refractivity contribution in [3.63, 3.8) is 0 Å². The van der Waals surface area contributed by atoms with Crippen LogP contribution in [0.3, 0.4) is 0 Å². The van der Waals surface area contributed by atoms with Crippen molar-refractivity contribution in [3.05, 3.63) is 29.3 Å². The number of benzene rings is 1. The van der Waals surface area contributed by atoms with Crippen LogP contribution in [0.1, 0.15) is 30.5 Å². The summed E-state index contributed by atoms with van der Waals surface area (Å²) in [5.74, 6) is -0.192. The third-order valence-electron chi connectivity index (χ3n) is 3.09. The van der Waals surface area contributed by atoms with Gasteiger partial charge in [-0.2, -0.15) is 13.2 Å². The Morgan fingerprint density at radius 3 is 2.67 bits per heavy atom. The number of carbonyl (C=O) groups is 1. The predicted molar refractivity (Wildman–Crippen MR) is 61.0 cm³/mol. The molecule has 1 unspecified atom stereocenters. The Morgan fingerprint density at radius 1 is 1.44 bits per heavy atom. The standard InChI is InChI=1S/C12H13F3N2O/c1-7(18)17-5-4-10(16)9-6-8(12(13,14)15)2-3-11(9)17/h2-3,6,10H,4-5,16H2,1H3. The second kappa shape index (κ2) is 4.28. The van der Waals surface area contributed by atoms with Gasteiger partial charge in [-0.05, 0) is 30.2 Å². The van der Waals surface area contributed by atoms with Gasteiger partial charge in [0.2, 0.25) is 5.91 Å². The molecule has 1 aliphatic heterocycles. The first-order valence-electron chi connectivity index (χ1n) is 5.55. The second-order valence-electron chi connectivity index (χ2n) is 4.34. The van der Waals surface area contributed by atoms with Crippen LogP contribution in [0.25, 0.3) is 0 Å². The number of halogens is 3. The van der Waals surface area contributed by atoms with E-state index in [1.54, 1.807) is 0 Å². The minimum Gasteiger partial charge on any atom is -0.324 e. The first kappa shape index (κ1) is 12.9. The van der Waals surface area contributed by atoms with Crippen molar-refractivity contribution < 1.29 is 18.0 Å². The van der Waals surface area contributed by atoms with E-state index in [9.17, 15) is 18.0 Å². The summed E-state index contributed by atoms with van der Waals surface area (Å²) in [4.78, 5) is 12.9. The summed E-state index contributed by atoms with van der Waals surface area (Å²) in [6.45, 7) is 1.83. The molecule has 0 bridgehead atoms. The van der Waals surface area contributed by atoms with Gasteiger partial charge in [-0.25, -0.2) is 0 Å². The highest BCUT2D eigenvalue weighted by Crippen LogP contribution is 2.37. The van der Waals surface area contributed by atoms with Gasteiger partial charge in [-0.15, -0.1) is 0 Å². The molecule has 0 fully saturated rings. The molecule has 2 N–H and O–H groups in total. The van der Waals surface area contributed by atoms with E-state index in [0.717, 1.165) is 12.1 Å². The van der Waals surface area contributed by atoms with Crippen LogP contribution in [-0.2, 0) is 11.0 Å². The number of carbonyl (C=O) groups excluding carboxylic acids is 1. The second-order valence-corrected chi connectivity index (χ2v) is 4.34. The number of rotatable bonds is 0. The summed E-state index contributed by atoms with van der Waals surface area (Å²) < 4.78 is 37.9. The number of alkyl halides is 3. The van der Waals surface area contributed by atoms with Gasteiger partial charge in [-0.3, -0.25) is 4.79 Å². The molecular weight excluding hydrogens is 245 g/mol. The Labute approximate surface area is 102 Å². The van der Waals surface area contributed by atoms with Crippen LogP contribution in [0, 0.1) is 0 Å². The van der Waals surface area contributed by atoms with E-state index >= 15 is 0 Å². The molecule has 1 aromatic carbocycles. The van der Waals surface area contributed by atoms with Gasteiger partial charge in [0.25, 0.3) is 0 Å². The van der Waals surface area contributed by atoms with Gasteiger partial charge in [0, 0.05) is 25.2 Å². The summed E-state index contributed by atoms with van der Waals surface area (Å²) in [5, 5.41) is 0. The molecule has 0 saturated heterocycles. The summed E-state index contributed by atoms with van der Waals surface area (Å²) in [6, 6.07) is 2.87. The van der Waals surface area contributed by atoms with Gasteiger partial charge < -0.3 is 10.6 Å². The van der Waals surface area contributed by atoms with E-state index in [2.05, 4.69) is 0 Å². The molecule has 18 heavy (non-hydrogen) atoms. The number of hydrogen-bond acceptors (Lipinski definition) is 2. The molecule has 0 aromatic heterocycles. The van der Waals surface area contributed by atoms with Crippen LogP contribution in [0.15, 0.2) is 18.2 Å². The van der Waals surface area contributed by atoms with E-state index < -0.39 is 17.8 Å². The molecule has 1 heterocycles. The van der Waals surface area contributed by atoms with Crippen LogP contribution < -0.4 is 10.6 Å². The van der Waals surface area contributed by atoms with E-state index in [-0.39, 0.29) is 5.91 Å². The van der Waals surface area contributed by atoms with E-state index in [0.29, 0.717) is 24.2 Å². The van der Waals surface area contributed by atoms with Crippen molar-refractivity contribution in [2.45, 2.75) is 25.6 Å². The molecular formula is C12H13F3N2O. The lowest BCUT2D eigenvalue weighted by atomic mass is 9.95. The highest BCUT2D eigenvalue weighted by Gasteiger charge is 2.33. The average molecular weight is 258 g/mol. The van der Waals surface area contributed by atoms with Crippen molar-refractivity contribution in [1.82, 2.24) is 0 Å². The Morgan fingerprint density at radius 2 is 2.11 bits per heavy atom. The van der Waals surface area contributed by atoms with Crippen molar-refractivity contribution in [1.29, 1.82) is 0 Å². The molecule has 3 nitrogen and oxygen atoms in total. The van der Waals surface area contributed by atoms with Crippen molar-refractivity contribution >= 4 is 11.6 Å². The average Bonchev–Trinajstić information content (AvgIpc) is 2.27. The summed E-state index contributed by atoms with van der Waals surface area (Å²) in [7, 11) is 0. The fourth-order valence-corrected chi connectivity index (χ4v) is 2.14. The Bertz CT molecular complexity index is 485. The smallest absolute Gasteiger partial charge is 0.324 e. The minimum atomic E-state index is -4.40. The maximum Gasteiger partial charge on any atom is 0.416 e. The van der Waals surface area contributed by atoms with Crippen LogP contribution in [0.5, 0.6) is 0 Å². The fraction of sp³-hybridized carbons (Fsp3) is 0.417. The third-order valence-corrected chi connectivity index (χ3v) is 3.09. The molecule has 1 amide bonds. The lowest BCUT2D eigenvalue weighted by Gasteiger charge is -2.32. The van der Waals surface area contributed by atoms with Gasteiger partial charge in [0.15, 0.2) is 0 Å². The zero-order valence-corrected chi connectivity index (χ0v) is 9.79. The molecule has 0 radical (unpaired) electrons. The Hall–Kier alpha value is -1.56. The molecule has 2 rings (SSSR count). The lowest BCUT2D eigenvalue weighted by molar-refractivity contribution is -0.137. The normalized spacial score (nSPS) is 19.6. The Kier molecular flexibility index (Phi) is 3.06. The lowest BCUT2D eigenvalue weighted by Crippen LogP contribution is -2.37. The first-order valence-corrected chi connectivity index (χ1v) is 5.55. The topological polar surface area (TPSA) is 46.3 Å². The number of fused-ring (bicyclic) bond motifs is 1. The zero-order valence-electron chi connectivity index (χ0n) is 9.79. The van der Waals surface area contributed by atoms with Gasteiger partial charge in [0.05, 0.1) is 5.56 Å². The maximum atomic E-state index is 12.6. The zero-order chi connectivity index (χ0) is 13.5. The quantitative estimate of drug-likeness (QED) is 0.777. The SMILES string of the molecule is CC(=O)N1CCC(N)c2cc(C(F)(F)F)ccc21. The van der Waals surface area contributed by atoms with Gasteiger partial charge >= 0.3 is 6.18 Å². The molecule has 1 aliphatic rings. The van der Waals surface area contributed by atoms with E-state index in [4.69, 9.17) is 5.73 Å². The molecule has 6 heteroatoms. The summed E-state index contributed by atoms with van der Waals surface area (Å²) in [5.41, 5.74) is 5.94. The molecule has 1 aromatic rings. The number of hydrogen-bond donors (Lipinski definition) is 1. The first-order chi connectivity index (χ1) is 8.30. The highest BCUT2D eigenvalue weighted by molar-refractivity contribution is 5.93. The fourth-order valence-electron chi connectivity index (χ4n) is 2.14. The highest BCUT2D eigenvalue weighted by atomic mass is 19.4. The van der Waals surface area contributed by atoms with Crippen molar-refractivity contribution in [2.75, 3.05) is 11.4 Å². The largest absolute Gasteiger partial charge is 0.416 e. The predicted octanol–water partition coefficient (Wildman–Crippen LogP) is 2.46. The van der Waals surface area contributed by atoms with Crippen LogP contribution in [0.4, 0.5) is 18.9 Å². The number of anilines is 1. The summed E-state index contributed by atoms with van der Waals surface area (Å²) in [6.07, 6.45) is -3.93. The summed E-state index contributed by atoms with van der Waals surface area (Å²) >= 11 is 0. The monoisotopic (exact) mass is 258 g/mol. The molecule has 1 atom stereocenters. The molecule has 0 spiro atoms. The number of nitrogens with zero attached hydrogens (tertiary/aromatic N) is 1. The number of nitrogens with two attached hydrogens (primary N) is 1. The van der Waals surface area contributed by atoms with Crippen LogP contribution in [-0.4, -0.2) is 12.5 Å². The maximum absolute atomic E-state index is 12.6. The van der Waals surface area contributed by atoms with Crippen LogP contribution in [0.2, 0.25) is 0 Å². The van der Waals surface area contributed by atoms with Gasteiger partial charge in [0.1, 0.15) is 0 Å². The molecule has 0 aliphatic carbocycles. The van der Waals surface area contributed by atoms with Gasteiger partial charge in [-0.1, -0.05) is 0 Å². The van der Waals surface area contributed by atoms with E-state index in [1.165, 1.54) is 17.9 Å². The number of amides is 1. The molecule has 0 saturated carbocycles.